The van der Waals surface area contributed by atoms with Crippen LogP contribution in [-0.4, -0.2) is 304 Å². The highest BCUT2D eigenvalue weighted by Crippen LogP contribution is 2.71. The number of hydrogen-bond acceptors (Lipinski definition) is 29. The van der Waals surface area contributed by atoms with Crippen molar-refractivity contribution in [2.24, 2.45) is 52.3 Å². The first-order valence-electron chi connectivity index (χ1n) is 30.9. The van der Waals surface area contributed by atoms with Gasteiger partial charge in [0, 0.05) is 12.3 Å². The van der Waals surface area contributed by atoms with Crippen molar-refractivity contribution in [3.05, 3.63) is 0 Å². The number of fused-ring (bicyclic) bond motifs is 7. The number of rotatable bonds is 15. The van der Waals surface area contributed by atoms with Crippen molar-refractivity contribution >= 4 is 0 Å². The zero-order chi connectivity index (χ0) is 61.8. The summed E-state index contributed by atoms with van der Waals surface area (Å²) >= 11 is 0. The molecule has 38 atom stereocenters. The molecule has 4 saturated carbocycles. The molecular formula is C57H94O29. The van der Waals surface area contributed by atoms with Crippen LogP contribution in [0.1, 0.15) is 85.5 Å². The minimum atomic E-state index is -2.22. The first kappa shape index (κ1) is 66.3. The van der Waals surface area contributed by atoms with E-state index in [0.717, 1.165) is 44.9 Å². The lowest BCUT2D eigenvalue weighted by molar-refractivity contribution is -0.411. The number of aliphatic hydroxyl groups is 17. The van der Waals surface area contributed by atoms with Crippen LogP contribution in [0.5, 0.6) is 0 Å². The monoisotopic (exact) mass is 1240 g/mol. The second kappa shape index (κ2) is 26.0. The van der Waals surface area contributed by atoms with Crippen LogP contribution in [-0.2, 0) is 56.8 Å². The molecule has 29 heteroatoms. The van der Waals surface area contributed by atoms with Gasteiger partial charge in [-0.1, -0.05) is 27.7 Å². The first-order chi connectivity index (χ1) is 40.9. The molecule has 0 radical (unpaired) electrons. The lowest BCUT2D eigenvalue weighted by Gasteiger charge is -2.62. The quantitative estimate of drug-likeness (QED) is 0.0679. The predicted molar refractivity (Wildman–Crippen MR) is 282 cm³/mol. The minimum Gasteiger partial charge on any atom is -0.394 e. The molecule has 86 heavy (non-hydrogen) atoms. The fraction of sp³-hybridized carbons (Fsp3) is 1.00. The Balaban J connectivity index is 0.794. The summed E-state index contributed by atoms with van der Waals surface area (Å²) in [6, 6.07) is 0. The summed E-state index contributed by atoms with van der Waals surface area (Å²) in [6.07, 6.45) is -42.1. The van der Waals surface area contributed by atoms with E-state index in [4.69, 9.17) is 56.8 Å². The van der Waals surface area contributed by atoms with Crippen molar-refractivity contribution in [2.45, 2.75) is 263 Å². The molecule has 17 N–H and O–H groups in total. The summed E-state index contributed by atoms with van der Waals surface area (Å²) in [5.74, 6) is 2.05. The van der Waals surface area contributed by atoms with Gasteiger partial charge in [-0.2, -0.15) is 0 Å². The maximum atomic E-state index is 12.1. The van der Waals surface area contributed by atoms with E-state index >= 15 is 0 Å². The summed E-state index contributed by atoms with van der Waals surface area (Å²) in [7, 11) is 0. The topological polar surface area (TPSA) is 455 Å². The van der Waals surface area contributed by atoms with Gasteiger partial charge in [-0.25, -0.2) is 0 Å². The first-order valence-corrected chi connectivity index (χ1v) is 30.9. The summed E-state index contributed by atoms with van der Waals surface area (Å²) in [6.45, 7) is 5.28. The molecule has 29 nitrogen and oxygen atoms in total. The van der Waals surface area contributed by atoms with Crippen LogP contribution in [0.2, 0.25) is 0 Å². The van der Waals surface area contributed by atoms with E-state index in [2.05, 4.69) is 27.7 Å². The second-order valence-corrected chi connectivity index (χ2v) is 27.3. The van der Waals surface area contributed by atoms with Gasteiger partial charge >= 0.3 is 0 Å². The molecule has 7 saturated heterocycles. The average molecular weight is 1240 g/mol. The van der Waals surface area contributed by atoms with Crippen LogP contribution in [0, 0.1) is 52.3 Å². The normalized spacial score (nSPS) is 57.5. The van der Waals surface area contributed by atoms with Crippen molar-refractivity contribution in [2.75, 3.05) is 39.6 Å². The molecule has 496 valence electrons. The third kappa shape index (κ3) is 11.5. The third-order valence-corrected chi connectivity index (χ3v) is 22.5. The Morgan fingerprint density at radius 2 is 0.930 bits per heavy atom. The average Bonchev–Trinajstić information content (AvgIpc) is 1.49. The van der Waals surface area contributed by atoms with E-state index < -0.39 is 205 Å². The highest BCUT2D eigenvalue weighted by atomic mass is 16.8. The van der Waals surface area contributed by atoms with Gasteiger partial charge in [-0.15, -0.1) is 0 Å². The largest absolute Gasteiger partial charge is 0.394 e. The fourth-order valence-corrected chi connectivity index (χ4v) is 17.7. The van der Waals surface area contributed by atoms with E-state index in [0.29, 0.717) is 49.0 Å². The van der Waals surface area contributed by atoms with Crippen LogP contribution in [0.3, 0.4) is 0 Å². The van der Waals surface area contributed by atoms with Crippen LogP contribution in [0.4, 0.5) is 0 Å². The van der Waals surface area contributed by atoms with Gasteiger partial charge in [0.1, 0.15) is 122 Å². The van der Waals surface area contributed by atoms with Gasteiger partial charge in [0.05, 0.1) is 58.0 Å². The standard InChI is InChI=1S/C57H94O29/c1-20-7-10-57(75-19-20)21(2)34-28(86-57)12-25-23-6-5-22-11-27(26(63)13-56(22,4)24(23)8-9-55(25,34)3)76-50-44(73)41(70)46(33(18-62)81-50)82-54-49(85-52-43(72)40(69)36(65)30(15-59)78-52)48(38(67)32(17-61)80-54)84-53-45(74)47(37(66)31(16-60)79-53)83-51-42(71)39(68)35(64)29(14-58)77-51/h20-54,58-74H,5-19H2,1-4H3/t20-,21+,22+,23-,24+,25+,26-,27-,28+,29-,30-,31-,32-,33-,34+,35-,36-,37-,38-,39+,40+,41-,42-,43-,44-,45-,46+,47+,48+,49-,50-,51+,52+,53+,54+,55+,56+,57-/m1/s1. The Morgan fingerprint density at radius 1 is 0.430 bits per heavy atom. The SMILES string of the molecule is C[C@@H]1CC[C@@]2(OC1)O[C@H]1C[C@H]3[C@@H]4CC[C@H]5C[C@@H](O[C@@H]6O[C@H](CO)[C@H](O[C@@H]7O[C@H](CO)[C@@H](O)[C@H](O[C@@H]8O[C@H](CO)[C@@H](O)[C@H](O[C@@H]9O[C@H](CO)[C@@H](O)[C@H](O)[C@H]9O)[C@H]8O)[C@H]7O[C@@H]7O[C@H](CO)[C@@H](O)[C@H](O)[C@H]7O)[C@H](O)[C@H]6O)[C@H](O)C[C@]5(C)[C@H]4CC[C@]3(C)[C@H]1[C@@H]2C. The Kier molecular flexibility index (Phi) is 20.0. The van der Waals surface area contributed by atoms with Gasteiger partial charge in [-0.3, -0.25) is 0 Å². The van der Waals surface area contributed by atoms with E-state index in [1.807, 2.05) is 0 Å². The molecular weight excluding hydrogens is 1150 g/mol. The van der Waals surface area contributed by atoms with Crippen molar-refractivity contribution in [3.8, 4) is 0 Å². The van der Waals surface area contributed by atoms with Gasteiger partial charge in [0.15, 0.2) is 37.2 Å². The lowest BCUT2D eigenvalue weighted by atomic mass is 9.44. The smallest absolute Gasteiger partial charge is 0.187 e. The lowest BCUT2D eigenvalue weighted by Crippen LogP contribution is -2.69. The van der Waals surface area contributed by atoms with Crippen LogP contribution < -0.4 is 0 Å². The molecule has 11 fully saturated rings. The van der Waals surface area contributed by atoms with Crippen LogP contribution in [0.15, 0.2) is 0 Å². The molecule has 11 aliphatic rings. The summed E-state index contributed by atoms with van der Waals surface area (Å²) in [5.41, 5.74) is -0.144. The third-order valence-electron chi connectivity index (χ3n) is 22.5. The highest BCUT2D eigenvalue weighted by molar-refractivity contribution is 5.16. The van der Waals surface area contributed by atoms with Gasteiger partial charge < -0.3 is 144 Å². The van der Waals surface area contributed by atoms with Crippen molar-refractivity contribution in [1.82, 2.24) is 0 Å². The molecule has 7 aliphatic heterocycles. The molecule has 0 aromatic heterocycles. The Hall–Kier alpha value is -1.16. The van der Waals surface area contributed by atoms with Crippen molar-refractivity contribution in [3.63, 3.8) is 0 Å². The molecule has 0 aromatic rings. The molecule has 7 heterocycles. The fourth-order valence-electron chi connectivity index (χ4n) is 17.7. The van der Waals surface area contributed by atoms with Gasteiger partial charge in [0.25, 0.3) is 0 Å². The van der Waals surface area contributed by atoms with E-state index in [1.54, 1.807) is 0 Å². The number of hydrogen-bond donors (Lipinski definition) is 17. The Bertz CT molecular complexity index is 2230. The zero-order valence-corrected chi connectivity index (χ0v) is 48.8. The summed E-state index contributed by atoms with van der Waals surface area (Å²) < 4.78 is 73.1. The maximum absolute atomic E-state index is 12.1. The molecule has 0 amide bonds. The molecule has 0 aromatic carbocycles. The molecule has 0 unspecified atom stereocenters. The zero-order valence-electron chi connectivity index (χ0n) is 48.8. The van der Waals surface area contributed by atoms with E-state index in [9.17, 15) is 86.8 Å². The van der Waals surface area contributed by atoms with Crippen LogP contribution >= 0.6 is 0 Å². The minimum absolute atomic E-state index is 0.0937. The van der Waals surface area contributed by atoms with Crippen molar-refractivity contribution < 1.29 is 144 Å². The molecule has 4 aliphatic carbocycles. The predicted octanol–water partition coefficient (Wildman–Crippen LogP) is -6.11. The van der Waals surface area contributed by atoms with Gasteiger partial charge in [0.2, 0.25) is 0 Å². The van der Waals surface area contributed by atoms with Crippen molar-refractivity contribution in [1.29, 1.82) is 0 Å². The van der Waals surface area contributed by atoms with Crippen LogP contribution in [0.25, 0.3) is 0 Å². The summed E-state index contributed by atoms with van der Waals surface area (Å²) in [5, 5.41) is 187. The highest BCUT2D eigenvalue weighted by Gasteiger charge is 2.70. The molecule has 11 rings (SSSR count). The summed E-state index contributed by atoms with van der Waals surface area (Å²) in [4.78, 5) is 0. The molecule has 0 bridgehead atoms. The second-order valence-electron chi connectivity index (χ2n) is 27.3. The number of ether oxygens (including phenoxy) is 12. The number of aliphatic hydroxyl groups excluding tert-OH is 17. The Labute approximate surface area is 497 Å². The Morgan fingerprint density at radius 3 is 1.51 bits per heavy atom. The maximum Gasteiger partial charge on any atom is 0.187 e. The van der Waals surface area contributed by atoms with Gasteiger partial charge in [-0.05, 0) is 97.7 Å². The van der Waals surface area contributed by atoms with E-state index in [1.165, 1.54) is 0 Å². The van der Waals surface area contributed by atoms with E-state index in [-0.39, 0.29) is 28.8 Å². The molecule has 1 spiro atoms.